The average Bonchev–Trinajstić information content (AvgIpc) is 3.83. The second-order valence-electron chi connectivity index (χ2n) is 15.4. The maximum atomic E-state index is 12.7. The van der Waals surface area contributed by atoms with Crippen LogP contribution in [-0.2, 0) is 16.0 Å². The fourth-order valence-corrected chi connectivity index (χ4v) is 8.84. The molecule has 3 saturated heterocycles. The van der Waals surface area contributed by atoms with Gasteiger partial charge in [-0.05, 0) is 124 Å². The summed E-state index contributed by atoms with van der Waals surface area (Å²) in [6.45, 7) is 5.04. The van der Waals surface area contributed by atoms with E-state index in [4.69, 9.17) is 11.5 Å². The number of hydrogen-bond acceptors (Lipinski definition) is 11. The van der Waals surface area contributed by atoms with Crippen molar-refractivity contribution in [3.8, 4) is 5.75 Å². The van der Waals surface area contributed by atoms with Crippen LogP contribution in [0.25, 0.3) is 27.6 Å². The van der Waals surface area contributed by atoms with E-state index in [-0.39, 0.29) is 23.3 Å². The van der Waals surface area contributed by atoms with Crippen molar-refractivity contribution in [2.24, 2.45) is 11.5 Å². The number of nitrogens with two attached hydrogens (primary N) is 2. The minimum absolute atomic E-state index is 0.183. The van der Waals surface area contributed by atoms with Gasteiger partial charge in [-0.15, -0.1) is 0 Å². The highest BCUT2D eigenvalue weighted by atomic mass is 16.3. The summed E-state index contributed by atoms with van der Waals surface area (Å²) in [5.74, 6) is 0.822. The van der Waals surface area contributed by atoms with Crippen molar-refractivity contribution in [2.45, 2.75) is 69.4 Å². The first-order chi connectivity index (χ1) is 27.7. The summed E-state index contributed by atoms with van der Waals surface area (Å²) < 4.78 is 2.00. The van der Waals surface area contributed by atoms with Crippen LogP contribution in [0.2, 0.25) is 0 Å². The Kier molecular flexibility index (Phi) is 10.9. The highest BCUT2D eigenvalue weighted by molar-refractivity contribution is 6.09. The Morgan fingerprint density at radius 1 is 0.965 bits per heavy atom. The maximum absolute atomic E-state index is 12.7. The van der Waals surface area contributed by atoms with Crippen molar-refractivity contribution in [2.75, 3.05) is 32.7 Å². The number of hydrogen-bond donors (Lipinski definition) is 6. The number of fused-ring (bicyclic) bond motifs is 4. The molecule has 0 bridgehead atoms. The van der Waals surface area contributed by atoms with Gasteiger partial charge in [0.25, 0.3) is 0 Å². The van der Waals surface area contributed by atoms with Crippen LogP contribution >= 0.6 is 0 Å². The Labute approximate surface area is 330 Å². The van der Waals surface area contributed by atoms with E-state index in [0.29, 0.717) is 41.9 Å². The number of para-hydroxylation sites is 1. The number of phenolic OH excluding ortho intramolecular Hbond substituents is 1. The molecule has 8 N–H and O–H groups in total. The van der Waals surface area contributed by atoms with E-state index in [2.05, 4.69) is 59.7 Å². The molecule has 5 aromatic rings. The minimum atomic E-state index is -0.437. The van der Waals surface area contributed by atoms with Crippen molar-refractivity contribution in [1.82, 2.24) is 40.0 Å². The van der Waals surface area contributed by atoms with Crippen LogP contribution < -0.4 is 27.8 Å². The topological polar surface area (TPSA) is 201 Å². The molecular weight excluding hydrogens is 721 g/mol. The Hall–Kier alpha value is -6.15. The smallest absolute Gasteiger partial charge is 0.344 e. The van der Waals surface area contributed by atoms with Gasteiger partial charge in [0.2, 0.25) is 11.8 Å². The van der Waals surface area contributed by atoms with E-state index in [1.54, 1.807) is 36.8 Å². The second-order valence-corrected chi connectivity index (χ2v) is 15.4. The van der Waals surface area contributed by atoms with Gasteiger partial charge in [-0.2, -0.15) is 0 Å². The number of aromatic amines is 1. The minimum Gasteiger partial charge on any atom is -0.507 e. The number of amides is 2. The van der Waals surface area contributed by atoms with Crippen LogP contribution in [0.5, 0.6) is 5.75 Å². The Morgan fingerprint density at radius 3 is 2.60 bits per heavy atom. The Bertz CT molecular complexity index is 2390. The van der Waals surface area contributed by atoms with Crippen LogP contribution in [0.4, 0.5) is 0 Å². The zero-order valence-electron chi connectivity index (χ0n) is 32.0. The number of carbonyl (C=O) groups excluding carboxylic acids is 2. The first-order valence-electron chi connectivity index (χ1n) is 20.0. The number of rotatable bonds is 8. The number of aromatic nitrogens is 4. The average molecular weight is 771 g/mol. The number of piperidine rings is 2. The summed E-state index contributed by atoms with van der Waals surface area (Å²) in [5.41, 5.74) is 18.1. The van der Waals surface area contributed by atoms with Crippen LogP contribution in [0, 0.1) is 0 Å². The molecule has 7 heterocycles. The molecule has 2 atom stereocenters. The van der Waals surface area contributed by atoms with Gasteiger partial charge in [0.1, 0.15) is 23.3 Å². The molecule has 4 aliphatic rings. The first kappa shape index (κ1) is 37.8. The summed E-state index contributed by atoms with van der Waals surface area (Å²) in [7, 11) is 0. The number of nitrogens with zero attached hydrogens (tertiary/aromatic N) is 5. The van der Waals surface area contributed by atoms with Crippen LogP contribution in [0.1, 0.15) is 73.6 Å². The predicted molar refractivity (Wildman–Crippen MR) is 219 cm³/mol. The quantitative estimate of drug-likeness (QED) is 0.125. The summed E-state index contributed by atoms with van der Waals surface area (Å²) in [5, 5.41) is 17.7. The fraction of sp³-hybridized carbons (Fsp3) is 0.372. The lowest BCUT2D eigenvalue weighted by Gasteiger charge is -2.34. The van der Waals surface area contributed by atoms with E-state index in [1.807, 2.05) is 22.8 Å². The van der Waals surface area contributed by atoms with Gasteiger partial charge in [0.15, 0.2) is 0 Å². The Morgan fingerprint density at radius 2 is 1.81 bits per heavy atom. The second kappa shape index (κ2) is 16.5. The van der Waals surface area contributed by atoms with Gasteiger partial charge >= 0.3 is 5.69 Å². The fourth-order valence-electron chi connectivity index (χ4n) is 8.84. The molecule has 0 aliphatic carbocycles. The predicted octanol–water partition coefficient (Wildman–Crippen LogP) is 3.95. The number of likely N-dealkylation sites (tertiary alicyclic amines) is 1. The molecule has 14 nitrogen and oxygen atoms in total. The number of benzene rings is 2. The SMILES string of the molecule is NC1=C(/C=C(\N)c2ccccc2O)N2CCCC2CN1.O=C1CCC(n2c3ccc(CCCN4CCC(c5cnc(=O)[nH]c5)CC4)cc3c3cccnc32)C(=O)N1. The normalized spacial score (nSPS) is 20.6. The number of allylic oxidation sites excluding steroid dienone is 1. The molecule has 4 aliphatic heterocycles. The van der Waals surface area contributed by atoms with Crippen molar-refractivity contribution in [3.05, 3.63) is 118 Å². The highest BCUT2D eigenvalue weighted by Crippen LogP contribution is 2.35. The molecule has 14 heteroatoms. The lowest BCUT2D eigenvalue weighted by Crippen LogP contribution is -2.45. The molecule has 2 aromatic carbocycles. The zero-order chi connectivity index (χ0) is 39.5. The lowest BCUT2D eigenvalue weighted by atomic mass is 9.91. The van der Waals surface area contributed by atoms with Crippen molar-refractivity contribution in [1.29, 1.82) is 0 Å². The number of nitrogens with one attached hydrogen (secondary N) is 3. The molecule has 0 saturated carbocycles. The molecular formula is C43H50N10O4. The van der Waals surface area contributed by atoms with E-state index >= 15 is 0 Å². The van der Waals surface area contributed by atoms with Crippen LogP contribution in [0.3, 0.4) is 0 Å². The first-order valence-corrected chi connectivity index (χ1v) is 20.0. The van der Waals surface area contributed by atoms with Gasteiger partial charge in [-0.3, -0.25) is 14.9 Å². The maximum Gasteiger partial charge on any atom is 0.344 e. The molecule has 0 spiro atoms. The summed E-state index contributed by atoms with van der Waals surface area (Å²) in [4.78, 5) is 51.6. The third kappa shape index (κ3) is 8.08. The largest absolute Gasteiger partial charge is 0.507 e. The highest BCUT2D eigenvalue weighted by Gasteiger charge is 2.32. The standard InChI is InChI=1S/C28H30N6O3.C15H20N4O/c35-25-8-7-24(27(36)32-25)34-23-6-5-18(15-22(23)21-4-1-11-29-26(21)34)3-2-12-33-13-9-19(10-14-33)20-16-30-28(37)31-17-20;16-12(11-5-1-2-6-14(11)20)8-13-15(17)18-9-10-4-3-7-19(10)13/h1,4-6,11,15-17,19,24H,2-3,7-10,12-14H2,(H,30,31,37)(H,32,35,36);1-2,5-6,8,10,18,20H,3-4,7,9,16-17H2/b;12-8-. The molecule has 3 fully saturated rings. The lowest BCUT2D eigenvalue weighted by molar-refractivity contribution is -0.135. The van der Waals surface area contributed by atoms with Gasteiger partial charge < -0.3 is 41.2 Å². The molecule has 0 radical (unpaired) electrons. The van der Waals surface area contributed by atoms with E-state index in [9.17, 15) is 19.5 Å². The third-order valence-corrected chi connectivity index (χ3v) is 11.8. The number of aryl methyl sites for hydroxylation is 1. The van der Waals surface area contributed by atoms with E-state index in [0.717, 1.165) is 91.6 Å². The third-order valence-electron chi connectivity index (χ3n) is 11.8. The zero-order valence-corrected chi connectivity index (χ0v) is 32.0. The van der Waals surface area contributed by atoms with Crippen LogP contribution in [0.15, 0.2) is 95.6 Å². The van der Waals surface area contributed by atoms with Crippen molar-refractivity contribution < 1.29 is 14.7 Å². The molecule has 3 aromatic heterocycles. The number of aromatic hydroxyl groups is 1. The number of imide groups is 1. The van der Waals surface area contributed by atoms with Gasteiger partial charge in [-0.25, -0.2) is 14.8 Å². The number of H-pyrrole nitrogens is 1. The molecule has 296 valence electrons. The summed E-state index contributed by atoms with van der Waals surface area (Å²) in [6, 6.07) is 17.6. The van der Waals surface area contributed by atoms with Crippen molar-refractivity contribution in [3.63, 3.8) is 0 Å². The number of phenols is 1. The molecule has 57 heavy (non-hydrogen) atoms. The molecule has 2 unspecified atom stereocenters. The van der Waals surface area contributed by atoms with Gasteiger partial charge in [0, 0.05) is 66.2 Å². The monoisotopic (exact) mass is 770 g/mol. The van der Waals surface area contributed by atoms with Gasteiger partial charge in [0.05, 0.1) is 11.2 Å². The molecule has 9 rings (SSSR count). The van der Waals surface area contributed by atoms with Crippen molar-refractivity contribution >= 4 is 39.4 Å². The van der Waals surface area contributed by atoms with Crippen LogP contribution in [-0.4, -0.2) is 85.0 Å². The number of pyridine rings is 1. The van der Waals surface area contributed by atoms with E-state index < -0.39 is 6.04 Å². The summed E-state index contributed by atoms with van der Waals surface area (Å²) in [6.07, 6.45) is 14.5. The molecule has 2 amide bonds. The van der Waals surface area contributed by atoms with Gasteiger partial charge in [-0.1, -0.05) is 18.2 Å². The number of carbonyl (C=O) groups is 2. The Balaban J connectivity index is 0.000000192. The summed E-state index contributed by atoms with van der Waals surface area (Å²) >= 11 is 0. The van der Waals surface area contributed by atoms with E-state index in [1.165, 1.54) is 18.4 Å².